The van der Waals surface area contributed by atoms with Crippen LogP contribution in [0, 0.1) is 6.92 Å². The Hall–Kier alpha value is -2.31. The molecule has 0 saturated carbocycles. The van der Waals surface area contributed by atoms with E-state index in [0.29, 0.717) is 12.2 Å². The third kappa shape index (κ3) is 5.72. The van der Waals surface area contributed by atoms with Crippen LogP contribution in [0.4, 0.5) is 0 Å². The van der Waals surface area contributed by atoms with Gasteiger partial charge in [-0.25, -0.2) is 0 Å². The number of hydrogen-bond acceptors (Lipinski definition) is 4. The van der Waals surface area contributed by atoms with E-state index in [2.05, 4.69) is 10.9 Å². The molecule has 6 heteroatoms. The van der Waals surface area contributed by atoms with Crippen LogP contribution in [0.2, 0.25) is 0 Å². The lowest BCUT2D eigenvalue weighted by Gasteiger charge is -2.08. The van der Waals surface area contributed by atoms with Crippen LogP contribution in [-0.4, -0.2) is 24.7 Å². The number of rotatable bonds is 6. The lowest BCUT2D eigenvalue weighted by Crippen LogP contribution is -2.42. The molecule has 24 heavy (non-hydrogen) atoms. The predicted molar refractivity (Wildman–Crippen MR) is 94.7 cm³/mol. The van der Waals surface area contributed by atoms with E-state index < -0.39 is 0 Å². The summed E-state index contributed by atoms with van der Waals surface area (Å²) >= 11 is 1.41. The maximum atomic E-state index is 12.0. The summed E-state index contributed by atoms with van der Waals surface area (Å²) in [7, 11) is 1.60. The number of ether oxygens (including phenoxy) is 1. The average Bonchev–Trinajstić information content (AvgIpc) is 2.59. The molecule has 0 spiro atoms. The molecule has 0 aliphatic heterocycles. The Morgan fingerprint density at radius 1 is 1.08 bits per heavy atom. The zero-order chi connectivity index (χ0) is 17.4. The van der Waals surface area contributed by atoms with Crippen molar-refractivity contribution in [1.82, 2.24) is 10.9 Å². The third-order valence-electron chi connectivity index (χ3n) is 3.21. The van der Waals surface area contributed by atoms with Gasteiger partial charge in [0.2, 0.25) is 5.91 Å². The Bertz CT molecular complexity index is 702. The maximum absolute atomic E-state index is 12.0. The smallest absolute Gasteiger partial charge is 0.269 e. The molecule has 2 N–H and O–H groups in total. The predicted octanol–water partition coefficient (Wildman–Crippen LogP) is 2.69. The first kappa shape index (κ1) is 18.0. The summed E-state index contributed by atoms with van der Waals surface area (Å²) in [5, 5.41) is 0. The highest BCUT2D eigenvalue weighted by atomic mass is 32.2. The van der Waals surface area contributed by atoms with Crippen molar-refractivity contribution < 1.29 is 14.3 Å². The van der Waals surface area contributed by atoms with Gasteiger partial charge in [-0.3, -0.25) is 20.4 Å². The second-order valence-electron chi connectivity index (χ2n) is 5.24. The number of carbonyl (C=O) groups is 2. The minimum absolute atomic E-state index is 0.229. The minimum Gasteiger partial charge on any atom is -0.380 e. The number of methoxy groups -OCH3 is 1. The third-order valence-corrected chi connectivity index (χ3v) is 4.22. The number of nitrogens with one attached hydrogen (secondary N) is 2. The van der Waals surface area contributed by atoms with Crippen LogP contribution in [0.15, 0.2) is 53.4 Å². The van der Waals surface area contributed by atoms with Crippen LogP contribution in [-0.2, 0) is 16.1 Å². The molecule has 2 rings (SSSR count). The highest BCUT2D eigenvalue weighted by molar-refractivity contribution is 8.00. The van der Waals surface area contributed by atoms with Crippen molar-refractivity contribution in [1.29, 1.82) is 0 Å². The fourth-order valence-corrected chi connectivity index (χ4v) is 2.69. The van der Waals surface area contributed by atoms with Crippen molar-refractivity contribution in [2.75, 3.05) is 12.9 Å². The Balaban J connectivity index is 1.79. The zero-order valence-corrected chi connectivity index (χ0v) is 14.5. The first-order valence-electron chi connectivity index (χ1n) is 7.45. The number of amides is 2. The van der Waals surface area contributed by atoms with Gasteiger partial charge < -0.3 is 4.74 Å². The lowest BCUT2D eigenvalue weighted by atomic mass is 10.1. The van der Waals surface area contributed by atoms with Gasteiger partial charge in [-0.05, 0) is 36.8 Å². The van der Waals surface area contributed by atoms with Crippen LogP contribution >= 0.6 is 11.8 Å². The summed E-state index contributed by atoms with van der Waals surface area (Å²) in [5.41, 5.74) is 7.38. The molecule has 2 aromatic rings. The quantitative estimate of drug-likeness (QED) is 0.624. The molecule has 0 bridgehead atoms. The van der Waals surface area contributed by atoms with Crippen LogP contribution in [0.25, 0.3) is 0 Å². The summed E-state index contributed by atoms with van der Waals surface area (Å²) in [6.07, 6.45) is 0. The highest BCUT2D eigenvalue weighted by Gasteiger charge is 2.08. The molecule has 0 radical (unpaired) electrons. The van der Waals surface area contributed by atoms with E-state index in [9.17, 15) is 9.59 Å². The lowest BCUT2D eigenvalue weighted by molar-refractivity contribution is -0.119. The monoisotopic (exact) mass is 344 g/mol. The highest BCUT2D eigenvalue weighted by Crippen LogP contribution is 2.17. The molecule has 0 heterocycles. The molecule has 0 unspecified atom stereocenters. The molecule has 0 aliphatic carbocycles. The summed E-state index contributed by atoms with van der Waals surface area (Å²) in [4.78, 5) is 24.9. The molecule has 0 fully saturated rings. The van der Waals surface area contributed by atoms with Crippen molar-refractivity contribution in [3.8, 4) is 0 Å². The Kier molecular flexibility index (Phi) is 6.84. The Labute approximate surface area is 145 Å². The van der Waals surface area contributed by atoms with Crippen LogP contribution in [0.3, 0.4) is 0 Å². The van der Waals surface area contributed by atoms with E-state index in [1.54, 1.807) is 25.3 Å². The fraction of sp³-hybridized carbons (Fsp3) is 0.222. The normalized spacial score (nSPS) is 10.2. The first-order chi connectivity index (χ1) is 11.6. The van der Waals surface area contributed by atoms with Crippen LogP contribution < -0.4 is 10.9 Å². The molecule has 2 aromatic carbocycles. The summed E-state index contributed by atoms with van der Waals surface area (Å²) in [5.74, 6) is -0.392. The number of thioether (sulfide) groups is 1. The molecule has 0 atom stereocenters. The van der Waals surface area contributed by atoms with Gasteiger partial charge in [-0.15, -0.1) is 11.8 Å². The summed E-state index contributed by atoms with van der Waals surface area (Å²) in [6, 6.07) is 15.0. The molecule has 0 saturated heterocycles. The van der Waals surface area contributed by atoms with E-state index >= 15 is 0 Å². The van der Waals surface area contributed by atoms with Gasteiger partial charge in [-0.1, -0.05) is 29.8 Å². The van der Waals surface area contributed by atoms with Crippen molar-refractivity contribution in [3.63, 3.8) is 0 Å². The van der Waals surface area contributed by atoms with E-state index in [1.165, 1.54) is 17.3 Å². The molecule has 126 valence electrons. The number of carbonyl (C=O) groups excluding carboxylic acids is 2. The van der Waals surface area contributed by atoms with Gasteiger partial charge in [0.05, 0.1) is 12.4 Å². The molecular weight excluding hydrogens is 324 g/mol. The Morgan fingerprint density at radius 3 is 2.54 bits per heavy atom. The Morgan fingerprint density at radius 2 is 1.83 bits per heavy atom. The summed E-state index contributed by atoms with van der Waals surface area (Å²) in [6.45, 7) is 2.44. The van der Waals surface area contributed by atoms with Gasteiger partial charge in [0.15, 0.2) is 0 Å². The number of aryl methyl sites for hydroxylation is 1. The van der Waals surface area contributed by atoms with E-state index in [-0.39, 0.29) is 17.6 Å². The van der Waals surface area contributed by atoms with Crippen molar-refractivity contribution in [2.24, 2.45) is 0 Å². The second-order valence-corrected chi connectivity index (χ2v) is 6.29. The van der Waals surface area contributed by atoms with Gasteiger partial charge in [0.1, 0.15) is 0 Å². The van der Waals surface area contributed by atoms with Gasteiger partial charge in [0.25, 0.3) is 5.91 Å². The van der Waals surface area contributed by atoms with Gasteiger partial charge in [-0.2, -0.15) is 0 Å². The second kappa shape index (κ2) is 9.10. The SMILES string of the molecule is COCc1cccc(C(=O)NNC(=O)CSc2ccc(C)cc2)c1. The van der Waals surface area contributed by atoms with E-state index in [1.807, 2.05) is 37.3 Å². The molecule has 0 aliphatic rings. The zero-order valence-electron chi connectivity index (χ0n) is 13.7. The maximum Gasteiger partial charge on any atom is 0.269 e. The average molecular weight is 344 g/mol. The molecule has 2 amide bonds. The fourth-order valence-electron chi connectivity index (χ4n) is 1.99. The topological polar surface area (TPSA) is 67.4 Å². The molecular formula is C18H20N2O3S. The van der Waals surface area contributed by atoms with Crippen LogP contribution in [0.5, 0.6) is 0 Å². The largest absolute Gasteiger partial charge is 0.380 e. The number of hydrazine groups is 1. The van der Waals surface area contributed by atoms with Crippen molar-refractivity contribution >= 4 is 23.6 Å². The van der Waals surface area contributed by atoms with Gasteiger partial charge >= 0.3 is 0 Å². The number of benzene rings is 2. The van der Waals surface area contributed by atoms with E-state index in [0.717, 1.165) is 10.5 Å². The molecule has 0 aromatic heterocycles. The standard InChI is InChI=1S/C18H20N2O3S/c1-13-6-8-16(9-7-13)24-12-17(21)19-20-18(22)15-5-3-4-14(10-15)11-23-2/h3-10H,11-12H2,1-2H3,(H,19,21)(H,20,22). The van der Waals surface area contributed by atoms with Crippen molar-refractivity contribution in [3.05, 3.63) is 65.2 Å². The first-order valence-corrected chi connectivity index (χ1v) is 8.43. The summed E-state index contributed by atoms with van der Waals surface area (Å²) < 4.78 is 5.04. The minimum atomic E-state index is -0.360. The number of hydrogen-bond donors (Lipinski definition) is 2. The van der Waals surface area contributed by atoms with Crippen LogP contribution in [0.1, 0.15) is 21.5 Å². The van der Waals surface area contributed by atoms with Crippen molar-refractivity contribution in [2.45, 2.75) is 18.4 Å². The van der Waals surface area contributed by atoms with Gasteiger partial charge in [0, 0.05) is 17.6 Å². The molecule has 5 nitrogen and oxygen atoms in total. The van der Waals surface area contributed by atoms with E-state index in [4.69, 9.17) is 4.74 Å².